The molecule has 0 aromatic carbocycles. The summed E-state index contributed by atoms with van der Waals surface area (Å²) >= 11 is 6.02. The van der Waals surface area contributed by atoms with Gasteiger partial charge < -0.3 is 9.67 Å². The van der Waals surface area contributed by atoms with Gasteiger partial charge in [0.15, 0.2) is 0 Å². The van der Waals surface area contributed by atoms with Crippen LogP contribution in [-0.2, 0) is 18.3 Å². The largest absolute Gasteiger partial charge is 0.481 e. The van der Waals surface area contributed by atoms with Crippen molar-refractivity contribution < 1.29 is 9.90 Å². The number of halogens is 1. The van der Waals surface area contributed by atoms with Crippen molar-refractivity contribution in [3.8, 4) is 11.4 Å². The molecule has 17 heavy (non-hydrogen) atoms. The standard InChI is InChI=1S/C11H10ClN3O2/c1-15-10(12)8(5-9(16)17)14-11(15)7-3-2-4-13-6-7/h2-4,6H,5H2,1H3,(H,16,17). The van der Waals surface area contributed by atoms with E-state index in [-0.39, 0.29) is 6.42 Å². The fourth-order valence-corrected chi connectivity index (χ4v) is 1.73. The molecule has 0 fully saturated rings. The molecule has 0 amide bonds. The maximum Gasteiger partial charge on any atom is 0.309 e. The number of hydrogen-bond donors (Lipinski definition) is 1. The van der Waals surface area contributed by atoms with Crippen molar-refractivity contribution in [1.82, 2.24) is 14.5 Å². The number of hydrogen-bond acceptors (Lipinski definition) is 3. The van der Waals surface area contributed by atoms with Crippen LogP contribution in [0.3, 0.4) is 0 Å². The zero-order valence-electron chi connectivity index (χ0n) is 9.09. The number of rotatable bonds is 3. The van der Waals surface area contributed by atoms with Crippen molar-refractivity contribution in [2.75, 3.05) is 0 Å². The first-order valence-electron chi connectivity index (χ1n) is 4.93. The minimum absolute atomic E-state index is 0.188. The quantitative estimate of drug-likeness (QED) is 0.903. The van der Waals surface area contributed by atoms with Gasteiger partial charge in [0, 0.05) is 25.0 Å². The minimum Gasteiger partial charge on any atom is -0.481 e. The van der Waals surface area contributed by atoms with Gasteiger partial charge >= 0.3 is 5.97 Å². The van der Waals surface area contributed by atoms with Crippen molar-refractivity contribution >= 4 is 17.6 Å². The topological polar surface area (TPSA) is 68.0 Å². The average Bonchev–Trinajstić information content (AvgIpc) is 2.58. The molecule has 0 unspecified atom stereocenters. The summed E-state index contributed by atoms with van der Waals surface area (Å²) in [5.41, 5.74) is 1.16. The van der Waals surface area contributed by atoms with E-state index in [2.05, 4.69) is 9.97 Å². The van der Waals surface area contributed by atoms with E-state index in [0.29, 0.717) is 16.7 Å². The van der Waals surface area contributed by atoms with E-state index in [1.807, 2.05) is 6.07 Å². The van der Waals surface area contributed by atoms with Crippen LogP contribution >= 0.6 is 11.6 Å². The Bertz CT molecular complexity index is 551. The van der Waals surface area contributed by atoms with E-state index >= 15 is 0 Å². The first-order valence-corrected chi connectivity index (χ1v) is 5.30. The molecule has 0 aliphatic rings. The molecule has 0 atom stereocenters. The van der Waals surface area contributed by atoms with Crippen LogP contribution < -0.4 is 0 Å². The summed E-state index contributed by atoms with van der Waals surface area (Å²) in [5.74, 6) is -0.345. The van der Waals surface area contributed by atoms with E-state index in [1.165, 1.54) is 0 Å². The summed E-state index contributed by atoms with van der Waals surface area (Å²) in [6.07, 6.45) is 3.13. The summed E-state index contributed by atoms with van der Waals surface area (Å²) in [6, 6.07) is 3.63. The lowest BCUT2D eigenvalue weighted by Crippen LogP contribution is -2.01. The molecule has 5 nitrogen and oxygen atoms in total. The number of carbonyl (C=O) groups is 1. The Morgan fingerprint density at radius 3 is 2.94 bits per heavy atom. The third kappa shape index (κ3) is 2.29. The highest BCUT2D eigenvalue weighted by Crippen LogP contribution is 2.24. The van der Waals surface area contributed by atoms with E-state index < -0.39 is 5.97 Å². The molecule has 0 aliphatic heterocycles. The highest BCUT2D eigenvalue weighted by atomic mass is 35.5. The maximum absolute atomic E-state index is 10.7. The molecule has 6 heteroatoms. The van der Waals surface area contributed by atoms with Crippen molar-refractivity contribution in [3.05, 3.63) is 35.4 Å². The summed E-state index contributed by atoms with van der Waals surface area (Å²) in [7, 11) is 1.74. The van der Waals surface area contributed by atoms with Gasteiger partial charge in [0.2, 0.25) is 0 Å². The van der Waals surface area contributed by atoms with Crippen molar-refractivity contribution in [3.63, 3.8) is 0 Å². The third-order valence-electron chi connectivity index (χ3n) is 2.33. The summed E-state index contributed by atoms with van der Waals surface area (Å²) in [6.45, 7) is 0. The highest BCUT2D eigenvalue weighted by Gasteiger charge is 2.16. The lowest BCUT2D eigenvalue weighted by Gasteiger charge is -2.00. The summed E-state index contributed by atoms with van der Waals surface area (Å²) in [4.78, 5) is 18.9. The molecular weight excluding hydrogens is 242 g/mol. The molecule has 0 saturated carbocycles. The Hall–Kier alpha value is -1.88. The van der Waals surface area contributed by atoms with Crippen LogP contribution in [0.1, 0.15) is 5.69 Å². The SMILES string of the molecule is Cn1c(-c2cccnc2)nc(CC(=O)O)c1Cl. The second kappa shape index (κ2) is 4.55. The monoisotopic (exact) mass is 251 g/mol. The van der Waals surface area contributed by atoms with Gasteiger partial charge in [-0.25, -0.2) is 4.98 Å². The van der Waals surface area contributed by atoms with Gasteiger partial charge in [-0.15, -0.1) is 0 Å². The molecule has 0 saturated heterocycles. The fraction of sp³-hybridized carbons (Fsp3) is 0.182. The number of imidazole rings is 1. The van der Waals surface area contributed by atoms with Crippen LogP contribution in [0.2, 0.25) is 5.15 Å². The summed E-state index contributed by atoms with van der Waals surface area (Å²) < 4.78 is 1.65. The number of pyridine rings is 1. The molecule has 0 spiro atoms. The number of carboxylic acid groups (broad SMARTS) is 1. The van der Waals surface area contributed by atoms with Gasteiger partial charge in [0.05, 0.1) is 12.1 Å². The van der Waals surface area contributed by atoms with E-state index in [0.717, 1.165) is 5.56 Å². The van der Waals surface area contributed by atoms with Crippen LogP contribution in [0.5, 0.6) is 0 Å². The van der Waals surface area contributed by atoms with Crippen LogP contribution in [0.4, 0.5) is 0 Å². The number of aromatic nitrogens is 3. The molecule has 2 rings (SSSR count). The number of carboxylic acids is 1. The predicted octanol–water partition coefficient (Wildman–Crippen LogP) is 1.76. The minimum atomic E-state index is -0.956. The Morgan fingerprint density at radius 1 is 1.59 bits per heavy atom. The first kappa shape index (κ1) is 11.6. The van der Waals surface area contributed by atoms with Gasteiger partial charge in [-0.1, -0.05) is 11.6 Å². The first-order chi connectivity index (χ1) is 8.09. The average molecular weight is 252 g/mol. The Labute approximate surface area is 103 Å². The van der Waals surface area contributed by atoms with Crippen LogP contribution in [0.15, 0.2) is 24.5 Å². The Kier molecular flexibility index (Phi) is 3.10. The lowest BCUT2D eigenvalue weighted by molar-refractivity contribution is -0.136. The zero-order valence-corrected chi connectivity index (χ0v) is 9.85. The molecule has 88 valence electrons. The van der Waals surface area contributed by atoms with Gasteiger partial charge in [0.25, 0.3) is 0 Å². The third-order valence-corrected chi connectivity index (χ3v) is 2.80. The predicted molar refractivity (Wildman–Crippen MR) is 62.8 cm³/mol. The van der Waals surface area contributed by atoms with Crippen LogP contribution in [0.25, 0.3) is 11.4 Å². The zero-order chi connectivity index (χ0) is 12.4. The van der Waals surface area contributed by atoms with E-state index in [1.54, 1.807) is 30.1 Å². The molecule has 2 aromatic heterocycles. The number of aliphatic carboxylic acids is 1. The maximum atomic E-state index is 10.7. The molecule has 0 aliphatic carbocycles. The molecule has 0 bridgehead atoms. The van der Waals surface area contributed by atoms with E-state index in [4.69, 9.17) is 16.7 Å². The van der Waals surface area contributed by atoms with Gasteiger partial charge in [-0.3, -0.25) is 9.78 Å². The Morgan fingerprint density at radius 2 is 2.35 bits per heavy atom. The van der Waals surface area contributed by atoms with Crippen LogP contribution in [0, 0.1) is 0 Å². The van der Waals surface area contributed by atoms with Crippen molar-refractivity contribution in [1.29, 1.82) is 0 Å². The second-order valence-corrected chi connectivity index (χ2v) is 3.90. The van der Waals surface area contributed by atoms with Crippen LogP contribution in [-0.4, -0.2) is 25.6 Å². The molecule has 1 N–H and O–H groups in total. The summed E-state index contributed by atoms with van der Waals surface area (Å²) in [5, 5.41) is 9.08. The van der Waals surface area contributed by atoms with Crippen molar-refractivity contribution in [2.24, 2.45) is 7.05 Å². The van der Waals surface area contributed by atoms with Gasteiger partial charge in [-0.2, -0.15) is 0 Å². The molecule has 0 radical (unpaired) electrons. The van der Waals surface area contributed by atoms with E-state index in [9.17, 15) is 4.79 Å². The van der Waals surface area contributed by atoms with Crippen molar-refractivity contribution in [2.45, 2.75) is 6.42 Å². The lowest BCUT2D eigenvalue weighted by atomic mass is 10.3. The smallest absolute Gasteiger partial charge is 0.309 e. The Balaban J connectivity index is 2.46. The fourth-order valence-electron chi connectivity index (χ4n) is 1.54. The second-order valence-electron chi connectivity index (χ2n) is 3.54. The molecule has 2 aromatic rings. The number of nitrogens with zero attached hydrogens (tertiary/aromatic N) is 3. The van der Waals surface area contributed by atoms with Gasteiger partial charge in [-0.05, 0) is 12.1 Å². The normalized spacial score (nSPS) is 10.5. The van der Waals surface area contributed by atoms with Gasteiger partial charge in [0.1, 0.15) is 11.0 Å². The molecular formula is C11H10ClN3O2. The highest BCUT2D eigenvalue weighted by molar-refractivity contribution is 6.30. The molecule has 2 heterocycles.